The monoisotopic (exact) mass is 325 g/mol. The molecule has 3 N–H and O–H groups in total. The maximum atomic E-state index is 11.7. The first-order chi connectivity index (χ1) is 10.6. The summed E-state index contributed by atoms with van der Waals surface area (Å²) >= 11 is 0. The van der Waals surface area contributed by atoms with Gasteiger partial charge in [0.2, 0.25) is 5.91 Å². The minimum atomic E-state index is -0.870. The summed E-state index contributed by atoms with van der Waals surface area (Å²) in [6.07, 6.45) is 2.58. The number of hydrogen-bond acceptors (Lipinski definition) is 6. The normalized spacial score (nSPS) is 15.7. The van der Waals surface area contributed by atoms with Crippen LogP contribution >= 0.6 is 0 Å². The van der Waals surface area contributed by atoms with Gasteiger partial charge in [-0.15, -0.1) is 0 Å². The zero-order chi connectivity index (χ0) is 17.6. The van der Waals surface area contributed by atoms with E-state index in [1.807, 2.05) is 0 Å². The summed E-state index contributed by atoms with van der Waals surface area (Å²) in [5.41, 5.74) is 5.05. The van der Waals surface area contributed by atoms with Crippen LogP contribution in [0.15, 0.2) is 12.2 Å². The Bertz CT molecular complexity index is 504. The fraction of sp³-hybridized carbons (Fsp3) is 0.600. The number of imide groups is 1. The number of carbonyl (C=O) groups excluding carboxylic acids is 4. The van der Waals surface area contributed by atoms with Crippen molar-refractivity contribution in [3.63, 3.8) is 0 Å². The summed E-state index contributed by atoms with van der Waals surface area (Å²) in [4.78, 5) is 47.0. The number of esters is 1. The summed E-state index contributed by atoms with van der Waals surface area (Å²) in [7, 11) is 0. The zero-order valence-corrected chi connectivity index (χ0v) is 13.6. The molecule has 1 aliphatic heterocycles. The van der Waals surface area contributed by atoms with Crippen molar-refractivity contribution in [2.45, 2.75) is 45.3 Å². The molecule has 0 aromatic heterocycles. The van der Waals surface area contributed by atoms with Gasteiger partial charge in [-0.05, 0) is 27.2 Å². The van der Waals surface area contributed by atoms with Crippen LogP contribution in [0.2, 0.25) is 0 Å². The number of ether oxygens (including phenoxy) is 1. The number of nitrogens with zero attached hydrogens (tertiary/aromatic N) is 1. The Morgan fingerprint density at radius 2 is 1.83 bits per heavy atom. The van der Waals surface area contributed by atoms with Gasteiger partial charge in [0.05, 0.1) is 0 Å². The summed E-state index contributed by atoms with van der Waals surface area (Å²) in [5, 5.41) is 2.57. The molecule has 128 valence electrons. The minimum absolute atomic E-state index is 0.0561. The van der Waals surface area contributed by atoms with Crippen LogP contribution in [0.3, 0.4) is 0 Å². The van der Waals surface area contributed by atoms with Crippen molar-refractivity contribution in [2.75, 3.05) is 13.1 Å². The minimum Gasteiger partial charge on any atom is -0.459 e. The van der Waals surface area contributed by atoms with E-state index in [9.17, 15) is 19.2 Å². The molecule has 0 bridgehead atoms. The highest BCUT2D eigenvalue weighted by Gasteiger charge is 2.24. The predicted octanol–water partition coefficient (Wildman–Crippen LogP) is -0.523. The first kappa shape index (κ1) is 18.8. The molecule has 0 aromatic rings. The summed E-state index contributed by atoms with van der Waals surface area (Å²) in [5.74, 6) is -1.65. The number of nitrogens with one attached hydrogen (secondary N) is 1. The highest BCUT2D eigenvalue weighted by Crippen LogP contribution is 2.09. The second-order valence-electron chi connectivity index (χ2n) is 6.19. The lowest BCUT2D eigenvalue weighted by Gasteiger charge is -2.22. The van der Waals surface area contributed by atoms with Crippen molar-refractivity contribution in [3.05, 3.63) is 12.2 Å². The zero-order valence-electron chi connectivity index (χ0n) is 13.6. The molecular formula is C15H23N3O5. The Morgan fingerprint density at radius 3 is 2.35 bits per heavy atom. The molecule has 1 aliphatic rings. The van der Waals surface area contributed by atoms with Crippen LogP contribution in [0.4, 0.5) is 0 Å². The van der Waals surface area contributed by atoms with Crippen molar-refractivity contribution in [1.29, 1.82) is 0 Å². The van der Waals surface area contributed by atoms with Crippen molar-refractivity contribution in [1.82, 2.24) is 10.2 Å². The van der Waals surface area contributed by atoms with Crippen LogP contribution in [-0.4, -0.2) is 53.3 Å². The van der Waals surface area contributed by atoms with Gasteiger partial charge in [-0.1, -0.05) is 0 Å². The number of nitrogens with two attached hydrogens (primary N) is 1. The third-order valence-electron chi connectivity index (χ3n) is 2.95. The maximum absolute atomic E-state index is 11.7. The average Bonchev–Trinajstić information content (AvgIpc) is 2.74. The van der Waals surface area contributed by atoms with E-state index < -0.39 is 29.4 Å². The third kappa shape index (κ3) is 6.60. The fourth-order valence-electron chi connectivity index (χ4n) is 1.83. The van der Waals surface area contributed by atoms with Crippen molar-refractivity contribution >= 4 is 23.7 Å². The molecule has 0 spiro atoms. The molecule has 0 fully saturated rings. The van der Waals surface area contributed by atoms with Crippen LogP contribution < -0.4 is 11.1 Å². The SMILES string of the molecule is CC(C)(C)OC(=O)[C@@H](N)CCC(=O)NCCN1C(=O)C=CC1=O. The van der Waals surface area contributed by atoms with Crippen LogP contribution in [0.1, 0.15) is 33.6 Å². The lowest BCUT2D eigenvalue weighted by atomic mass is 10.1. The third-order valence-corrected chi connectivity index (χ3v) is 2.95. The molecule has 1 heterocycles. The Balaban J connectivity index is 2.23. The van der Waals surface area contributed by atoms with E-state index in [4.69, 9.17) is 10.5 Å². The first-order valence-electron chi connectivity index (χ1n) is 7.39. The van der Waals surface area contributed by atoms with E-state index in [1.165, 1.54) is 12.2 Å². The Hall–Kier alpha value is -2.22. The molecule has 1 atom stereocenters. The molecule has 23 heavy (non-hydrogen) atoms. The topological polar surface area (TPSA) is 119 Å². The number of amides is 3. The van der Waals surface area contributed by atoms with Gasteiger partial charge in [0.1, 0.15) is 11.6 Å². The van der Waals surface area contributed by atoms with Gasteiger partial charge >= 0.3 is 5.97 Å². The Morgan fingerprint density at radius 1 is 1.26 bits per heavy atom. The largest absolute Gasteiger partial charge is 0.459 e. The van der Waals surface area contributed by atoms with Crippen LogP contribution in [-0.2, 0) is 23.9 Å². The van der Waals surface area contributed by atoms with Gasteiger partial charge in [-0.3, -0.25) is 24.1 Å². The molecule has 0 unspecified atom stereocenters. The Kier molecular flexibility index (Phi) is 6.44. The second-order valence-corrected chi connectivity index (χ2v) is 6.19. The van der Waals surface area contributed by atoms with Gasteiger partial charge in [0.25, 0.3) is 11.8 Å². The van der Waals surface area contributed by atoms with Gasteiger partial charge in [0, 0.05) is 31.7 Å². The number of rotatable bonds is 7. The van der Waals surface area contributed by atoms with Gasteiger partial charge < -0.3 is 15.8 Å². The van der Waals surface area contributed by atoms with Crippen molar-refractivity contribution in [2.24, 2.45) is 5.73 Å². The molecule has 8 nitrogen and oxygen atoms in total. The Labute approximate surface area is 135 Å². The first-order valence-corrected chi connectivity index (χ1v) is 7.39. The van der Waals surface area contributed by atoms with Gasteiger partial charge in [-0.2, -0.15) is 0 Å². The number of hydrogen-bond donors (Lipinski definition) is 2. The summed E-state index contributed by atoms with van der Waals surface area (Å²) in [6.45, 7) is 5.47. The lowest BCUT2D eigenvalue weighted by Crippen LogP contribution is -2.40. The van der Waals surface area contributed by atoms with E-state index in [0.29, 0.717) is 0 Å². The van der Waals surface area contributed by atoms with Gasteiger partial charge in [-0.25, -0.2) is 0 Å². The van der Waals surface area contributed by atoms with E-state index in [1.54, 1.807) is 20.8 Å². The molecular weight excluding hydrogens is 302 g/mol. The standard InChI is InChI=1S/C15H23N3O5/c1-15(2,3)23-14(22)10(16)4-5-11(19)17-8-9-18-12(20)6-7-13(18)21/h6-7,10H,4-5,8-9,16H2,1-3H3,(H,17,19)/t10-/m0/s1. The van der Waals surface area contributed by atoms with Crippen molar-refractivity contribution < 1.29 is 23.9 Å². The number of carbonyl (C=O) groups is 4. The smallest absolute Gasteiger partial charge is 0.323 e. The molecule has 0 aromatic carbocycles. The van der Waals surface area contributed by atoms with E-state index >= 15 is 0 Å². The van der Waals surface area contributed by atoms with Crippen LogP contribution in [0.5, 0.6) is 0 Å². The van der Waals surface area contributed by atoms with E-state index in [0.717, 1.165) is 4.90 Å². The molecule has 3 amide bonds. The van der Waals surface area contributed by atoms with Crippen molar-refractivity contribution in [3.8, 4) is 0 Å². The summed E-state index contributed by atoms with van der Waals surface area (Å²) in [6, 6.07) is -0.870. The highest BCUT2D eigenvalue weighted by atomic mass is 16.6. The molecule has 8 heteroatoms. The molecule has 0 saturated carbocycles. The van der Waals surface area contributed by atoms with Crippen LogP contribution in [0, 0.1) is 0 Å². The summed E-state index contributed by atoms with van der Waals surface area (Å²) < 4.78 is 5.12. The van der Waals surface area contributed by atoms with E-state index in [-0.39, 0.29) is 31.8 Å². The molecule has 0 radical (unpaired) electrons. The second kappa shape index (κ2) is 7.87. The average molecular weight is 325 g/mol. The molecule has 1 rings (SSSR count). The van der Waals surface area contributed by atoms with E-state index in [2.05, 4.69) is 5.32 Å². The predicted molar refractivity (Wildman–Crippen MR) is 81.9 cm³/mol. The van der Waals surface area contributed by atoms with Gasteiger partial charge in [0.15, 0.2) is 0 Å². The molecule has 0 aliphatic carbocycles. The maximum Gasteiger partial charge on any atom is 0.323 e. The quantitative estimate of drug-likeness (QED) is 0.480. The lowest BCUT2D eigenvalue weighted by molar-refractivity contribution is -0.156. The highest BCUT2D eigenvalue weighted by molar-refractivity contribution is 6.12. The molecule has 0 saturated heterocycles. The van der Waals surface area contributed by atoms with Crippen LogP contribution in [0.25, 0.3) is 0 Å². The fourth-order valence-corrected chi connectivity index (χ4v) is 1.83.